The molecule has 0 bridgehead atoms. The van der Waals surface area contributed by atoms with Crippen LogP contribution in [0.5, 0.6) is 0 Å². The largest absolute Gasteiger partial charge is 0.444 e. The van der Waals surface area contributed by atoms with Crippen LogP contribution in [0.2, 0.25) is 0 Å². The van der Waals surface area contributed by atoms with E-state index in [0.29, 0.717) is 6.04 Å². The minimum atomic E-state index is -0.537. The monoisotopic (exact) mass is 491 g/mol. The first-order chi connectivity index (χ1) is 16.2. The zero-order chi connectivity index (χ0) is 24.6. The average Bonchev–Trinajstić information content (AvgIpc) is 2.79. The van der Waals surface area contributed by atoms with Gasteiger partial charge in [-0.1, -0.05) is 56.5 Å². The summed E-state index contributed by atoms with van der Waals surface area (Å²) in [6.07, 6.45) is 10.0. The van der Waals surface area contributed by atoms with Crippen LogP contribution in [0.1, 0.15) is 84.1 Å². The number of likely N-dealkylation sites (tertiary alicyclic amines) is 1. The molecule has 7 heteroatoms. The van der Waals surface area contributed by atoms with Crippen molar-refractivity contribution in [3.63, 3.8) is 0 Å². The van der Waals surface area contributed by atoms with Gasteiger partial charge >= 0.3 is 6.09 Å². The Kier molecular flexibility index (Phi) is 10.1. The molecule has 34 heavy (non-hydrogen) atoms. The number of rotatable bonds is 8. The van der Waals surface area contributed by atoms with Crippen LogP contribution in [0.15, 0.2) is 24.3 Å². The van der Waals surface area contributed by atoms with E-state index in [9.17, 15) is 9.18 Å². The summed E-state index contributed by atoms with van der Waals surface area (Å²) in [6, 6.07) is 6.85. The molecule has 0 aromatic heterocycles. The zero-order valence-electron chi connectivity index (χ0n) is 21.1. The molecule has 1 amide bonds. The van der Waals surface area contributed by atoms with Crippen LogP contribution >= 0.6 is 12.2 Å². The minimum Gasteiger partial charge on any atom is -0.444 e. The molecule has 1 atom stereocenters. The Labute approximate surface area is 210 Å². The number of carbonyl (C=O) groups excluding carboxylic acids is 1. The van der Waals surface area contributed by atoms with Gasteiger partial charge in [-0.15, -0.1) is 0 Å². The van der Waals surface area contributed by atoms with Gasteiger partial charge in [0.25, 0.3) is 0 Å². The number of alkyl carbamates (subject to hydrolysis) is 1. The number of benzene rings is 1. The molecule has 2 aliphatic rings. The van der Waals surface area contributed by atoms with E-state index >= 15 is 0 Å². The topological polar surface area (TPSA) is 53.6 Å². The molecule has 3 rings (SSSR count). The average molecular weight is 492 g/mol. The third-order valence-electron chi connectivity index (χ3n) is 6.85. The smallest absolute Gasteiger partial charge is 0.408 e. The maximum atomic E-state index is 13.2. The molecule has 1 aromatic carbocycles. The summed E-state index contributed by atoms with van der Waals surface area (Å²) < 4.78 is 18.7. The van der Waals surface area contributed by atoms with Crippen molar-refractivity contribution >= 4 is 23.3 Å². The summed E-state index contributed by atoms with van der Waals surface area (Å²) >= 11 is 5.80. The van der Waals surface area contributed by atoms with Crippen molar-refractivity contribution in [2.75, 3.05) is 13.1 Å². The second-order valence-corrected chi connectivity index (χ2v) is 11.4. The van der Waals surface area contributed by atoms with Gasteiger partial charge in [0.1, 0.15) is 11.4 Å². The van der Waals surface area contributed by atoms with E-state index in [0.717, 1.165) is 61.8 Å². The van der Waals surface area contributed by atoms with Crippen molar-refractivity contribution in [1.82, 2.24) is 15.5 Å². The Morgan fingerprint density at radius 2 is 1.76 bits per heavy atom. The van der Waals surface area contributed by atoms with E-state index in [1.165, 1.54) is 44.2 Å². The van der Waals surface area contributed by atoms with E-state index in [1.54, 1.807) is 0 Å². The molecule has 0 radical (unpaired) electrons. The van der Waals surface area contributed by atoms with E-state index in [-0.39, 0.29) is 11.9 Å². The Balaban J connectivity index is 1.49. The van der Waals surface area contributed by atoms with Crippen LogP contribution in [0.25, 0.3) is 0 Å². The first-order valence-corrected chi connectivity index (χ1v) is 13.4. The quantitative estimate of drug-likeness (QED) is 0.440. The number of amides is 1. The Morgan fingerprint density at radius 1 is 1.12 bits per heavy atom. The molecule has 1 aliphatic heterocycles. The van der Waals surface area contributed by atoms with E-state index in [4.69, 9.17) is 17.0 Å². The third-order valence-corrected chi connectivity index (χ3v) is 7.25. The highest BCUT2D eigenvalue weighted by Gasteiger charge is 2.26. The summed E-state index contributed by atoms with van der Waals surface area (Å²) in [7, 11) is 0. The number of nitrogens with one attached hydrogen (secondary N) is 2. The van der Waals surface area contributed by atoms with Gasteiger partial charge < -0.3 is 15.4 Å². The predicted molar refractivity (Wildman–Crippen MR) is 139 cm³/mol. The summed E-state index contributed by atoms with van der Waals surface area (Å²) in [5.41, 5.74) is 0.595. The Morgan fingerprint density at radius 3 is 2.38 bits per heavy atom. The fraction of sp³-hybridized carbons (Fsp3) is 0.704. The number of halogens is 1. The lowest BCUT2D eigenvalue weighted by molar-refractivity contribution is 0.0514. The van der Waals surface area contributed by atoms with Crippen LogP contribution in [-0.2, 0) is 11.3 Å². The number of ether oxygens (including phenoxy) is 1. The van der Waals surface area contributed by atoms with Gasteiger partial charge in [-0.25, -0.2) is 9.18 Å². The number of nitrogens with zero attached hydrogens (tertiary/aromatic N) is 1. The molecule has 1 saturated carbocycles. The fourth-order valence-electron chi connectivity index (χ4n) is 4.98. The maximum Gasteiger partial charge on any atom is 0.408 e. The van der Waals surface area contributed by atoms with Crippen molar-refractivity contribution in [3.8, 4) is 0 Å². The second-order valence-electron chi connectivity index (χ2n) is 11.0. The first-order valence-electron chi connectivity index (χ1n) is 12.9. The fourth-order valence-corrected chi connectivity index (χ4v) is 5.33. The van der Waals surface area contributed by atoms with Gasteiger partial charge in [0.05, 0.1) is 11.0 Å². The first kappa shape index (κ1) is 26.9. The molecular formula is C27H42FN3O2S. The normalized spacial score (nSPS) is 19.4. The molecule has 5 nitrogen and oxygen atoms in total. The van der Waals surface area contributed by atoms with Crippen molar-refractivity contribution in [2.24, 2.45) is 5.92 Å². The SMILES string of the molecule is CC(C)(C)OC(=O)NC(CCC1CCCCC1)C(=S)NC1CCN(Cc2ccc(F)cc2)CC1. The summed E-state index contributed by atoms with van der Waals surface area (Å²) in [5.74, 6) is 0.535. The molecule has 1 aliphatic carbocycles. The lowest BCUT2D eigenvalue weighted by Gasteiger charge is -2.34. The summed E-state index contributed by atoms with van der Waals surface area (Å²) in [5, 5.41) is 6.59. The van der Waals surface area contributed by atoms with Crippen LogP contribution in [-0.4, -0.2) is 46.8 Å². The molecule has 1 saturated heterocycles. The van der Waals surface area contributed by atoms with Crippen molar-refractivity contribution in [2.45, 2.75) is 103 Å². The van der Waals surface area contributed by atoms with Crippen LogP contribution in [0.4, 0.5) is 9.18 Å². The molecule has 2 N–H and O–H groups in total. The molecule has 0 spiro atoms. The summed E-state index contributed by atoms with van der Waals surface area (Å²) in [6.45, 7) is 8.38. The Hall–Kier alpha value is -1.73. The number of thiocarbonyl (C=S) groups is 1. The molecule has 190 valence electrons. The number of hydrogen-bond donors (Lipinski definition) is 2. The summed E-state index contributed by atoms with van der Waals surface area (Å²) in [4.78, 5) is 15.6. The molecular weight excluding hydrogens is 449 g/mol. The van der Waals surface area contributed by atoms with Gasteiger partial charge in [-0.2, -0.15) is 0 Å². The van der Waals surface area contributed by atoms with Crippen LogP contribution in [0, 0.1) is 11.7 Å². The van der Waals surface area contributed by atoms with Crippen molar-refractivity contribution in [1.29, 1.82) is 0 Å². The minimum absolute atomic E-state index is 0.196. The van der Waals surface area contributed by atoms with E-state index < -0.39 is 11.7 Å². The lowest BCUT2D eigenvalue weighted by atomic mass is 9.85. The number of carbonyl (C=O) groups is 1. The Bertz CT molecular complexity index is 782. The highest BCUT2D eigenvalue weighted by Crippen LogP contribution is 2.28. The van der Waals surface area contributed by atoms with Gasteiger partial charge in [0.2, 0.25) is 0 Å². The molecule has 2 fully saturated rings. The van der Waals surface area contributed by atoms with Gasteiger partial charge in [-0.05, 0) is 70.1 Å². The van der Waals surface area contributed by atoms with E-state index in [2.05, 4.69) is 15.5 Å². The highest BCUT2D eigenvalue weighted by atomic mass is 32.1. The van der Waals surface area contributed by atoms with Gasteiger partial charge in [0, 0.05) is 25.7 Å². The number of hydrogen-bond acceptors (Lipinski definition) is 4. The predicted octanol–water partition coefficient (Wildman–Crippen LogP) is 5.96. The number of piperidine rings is 1. The van der Waals surface area contributed by atoms with E-state index in [1.807, 2.05) is 32.9 Å². The standard InChI is InChI=1S/C27H42FN3O2S/c1-27(2,3)33-26(32)30-24(14-11-20-7-5-4-6-8-20)25(34)29-23-15-17-31(18-16-23)19-21-9-12-22(28)13-10-21/h9-10,12-13,20,23-24H,4-8,11,14-19H2,1-3H3,(H,29,34)(H,30,32). The molecule has 1 heterocycles. The maximum absolute atomic E-state index is 13.2. The molecule has 1 unspecified atom stereocenters. The van der Waals surface area contributed by atoms with Gasteiger partial charge in [-0.3, -0.25) is 4.90 Å². The zero-order valence-corrected chi connectivity index (χ0v) is 21.9. The second kappa shape index (κ2) is 12.8. The highest BCUT2D eigenvalue weighted by molar-refractivity contribution is 7.80. The van der Waals surface area contributed by atoms with Crippen molar-refractivity contribution in [3.05, 3.63) is 35.6 Å². The van der Waals surface area contributed by atoms with Crippen molar-refractivity contribution < 1.29 is 13.9 Å². The van der Waals surface area contributed by atoms with Gasteiger partial charge in [0.15, 0.2) is 0 Å². The lowest BCUT2D eigenvalue weighted by Crippen LogP contribution is -2.52. The molecule has 1 aromatic rings. The van der Waals surface area contributed by atoms with Crippen LogP contribution < -0.4 is 10.6 Å². The third kappa shape index (κ3) is 9.49. The van der Waals surface area contributed by atoms with Crippen LogP contribution in [0.3, 0.4) is 0 Å².